The molecule has 5 heteroatoms. The van der Waals surface area contributed by atoms with Crippen LogP contribution in [0.3, 0.4) is 0 Å². The number of hydrogen-bond donors (Lipinski definition) is 0. The maximum absolute atomic E-state index is 12.6. The van der Waals surface area contributed by atoms with Crippen LogP contribution in [0.15, 0.2) is 41.4 Å². The second kappa shape index (κ2) is 6.01. The van der Waals surface area contributed by atoms with Crippen molar-refractivity contribution in [2.45, 2.75) is 12.6 Å². The molecule has 0 unspecified atom stereocenters. The fourth-order valence-electron chi connectivity index (χ4n) is 1.35. The van der Waals surface area contributed by atoms with E-state index in [0.717, 1.165) is 6.07 Å². The molecule has 0 spiro atoms. The second-order valence-corrected chi connectivity index (χ2v) is 3.26. The largest absolute Gasteiger partial charge is 0.416 e. The molecule has 17 heavy (non-hydrogen) atoms. The molecule has 90 valence electrons. The molecule has 1 rings (SSSR count). The van der Waals surface area contributed by atoms with Crippen molar-refractivity contribution in [3.8, 4) is 0 Å². The minimum Gasteiger partial charge on any atom is -0.211 e. The monoisotopic (exact) mass is 241 g/mol. The molecule has 0 N–H and O–H groups in total. The third-order valence-electron chi connectivity index (χ3n) is 2.09. The number of nitrogens with zero attached hydrogens (tertiary/aromatic N) is 1. The minimum atomic E-state index is -4.34. The van der Waals surface area contributed by atoms with E-state index in [2.05, 4.69) is 4.99 Å². The Bertz CT molecular complexity index is 445. The third kappa shape index (κ3) is 4.25. The molecule has 0 aliphatic heterocycles. The van der Waals surface area contributed by atoms with Crippen molar-refractivity contribution in [1.29, 1.82) is 0 Å². The van der Waals surface area contributed by atoms with Gasteiger partial charge in [0.25, 0.3) is 0 Å². The SMILES string of the molecule is O=C=NC/C=C\Cc1ccccc1C(F)(F)F. The predicted molar refractivity (Wildman–Crippen MR) is 57.3 cm³/mol. The van der Waals surface area contributed by atoms with Crippen molar-refractivity contribution in [3.63, 3.8) is 0 Å². The number of carbonyl (C=O) groups excluding carboxylic acids is 1. The Morgan fingerprint density at radius 2 is 1.94 bits per heavy atom. The van der Waals surface area contributed by atoms with E-state index >= 15 is 0 Å². The normalized spacial score (nSPS) is 11.5. The van der Waals surface area contributed by atoms with Crippen LogP contribution in [0.25, 0.3) is 0 Å². The highest BCUT2D eigenvalue weighted by Crippen LogP contribution is 2.32. The average molecular weight is 241 g/mol. The zero-order chi connectivity index (χ0) is 12.7. The molecule has 0 aromatic heterocycles. The van der Waals surface area contributed by atoms with Crippen LogP contribution >= 0.6 is 0 Å². The van der Waals surface area contributed by atoms with Gasteiger partial charge in [0, 0.05) is 0 Å². The Balaban J connectivity index is 2.77. The lowest BCUT2D eigenvalue weighted by Crippen LogP contribution is -2.08. The first-order chi connectivity index (χ1) is 8.05. The summed E-state index contributed by atoms with van der Waals surface area (Å²) in [5.41, 5.74) is -0.435. The standard InChI is InChI=1S/C12H10F3NO/c13-12(14,15)11-7-2-1-5-10(11)6-3-4-8-16-9-17/h1-5,7H,6,8H2/b4-3-. The molecule has 0 aliphatic rings. The molecule has 0 radical (unpaired) electrons. The summed E-state index contributed by atoms with van der Waals surface area (Å²) >= 11 is 0. The molecule has 1 aromatic rings. The lowest BCUT2D eigenvalue weighted by molar-refractivity contribution is -0.138. The molecular weight excluding hydrogens is 231 g/mol. The van der Waals surface area contributed by atoms with Crippen LogP contribution in [0.4, 0.5) is 13.2 Å². The van der Waals surface area contributed by atoms with Gasteiger partial charge in [0.15, 0.2) is 0 Å². The lowest BCUT2D eigenvalue weighted by Gasteiger charge is -2.10. The minimum absolute atomic E-state index is 0.137. The van der Waals surface area contributed by atoms with Crippen molar-refractivity contribution in [1.82, 2.24) is 0 Å². The van der Waals surface area contributed by atoms with Gasteiger partial charge in [-0.1, -0.05) is 30.4 Å². The van der Waals surface area contributed by atoms with Crippen LogP contribution < -0.4 is 0 Å². The van der Waals surface area contributed by atoms with Crippen LogP contribution in [0.5, 0.6) is 0 Å². The van der Waals surface area contributed by atoms with E-state index in [1.54, 1.807) is 12.1 Å². The van der Waals surface area contributed by atoms with Crippen molar-refractivity contribution < 1.29 is 18.0 Å². The van der Waals surface area contributed by atoms with Gasteiger partial charge in [-0.25, -0.2) is 9.79 Å². The van der Waals surface area contributed by atoms with Crippen LogP contribution in [0.2, 0.25) is 0 Å². The highest BCUT2D eigenvalue weighted by molar-refractivity contribution is 5.33. The summed E-state index contributed by atoms with van der Waals surface area (Å²) in [6, 6.07) is 5.39. The smallest absolute Gasteiger partial charge is 0.211 e. The number of rotatable bonds is 4. The molecule has 0 saturated heterocycles. The number of hydrogen-bond acceptors (Lipinski definition) is 2. The highest BCUT2D eigenvalue weighted by atomic mass is 19.4. The molecule has 0 aliphatic carbocycles. The van der Waals surface area contributed by atoms with Gasteiger partial charge in [-0.3, -0.25) is 0 Å². The molecule has 0 fully saturated rings. The lowest BCUT2D eigenvalue weighted by atomic mass is 10.0. The van der Waals surface area contributed by atoms with Crippen molar-refractivity contribution >= 4 is 6.08 Å². The zero-order valence-corrected chi connectivity index (χ0v) is 8.87. The van der Waals surface area contributed by atoms with Crippen molar-refractivity contribution in [2.24, 2.45) is 4.99 Å². The number of isocyanates is 1. The number of alkyl halides is 3. The van der Waals surface area contributed by atoms with Crippen molar-refractivity contribution in [3.05, 3.63) is 47.5 Å². The zero-order valence-electron chi connectivity index (χ0n) is 8.87. The fourth-order valence-corrected chi connectivity index (χ4v) is 1.35. The maximum atomic E-state index is 12.6. The van der Waals surface area contributed by atoms with Crippen LogP contribution in [0.1, 0.15) is 11.1 Å². The Morgan fingerprint density at radius 3 is 2.59 bits per heavy atom. The fraction of sp³-hybridized carbons (Fsp3) is 0.250. The molecule has 0 amide bonds. The highest BCUT2D eigenvalue weighted by Gasteiger charge is 2.32. The number of halogens is 3. The quantitative estimate of drug-likeness (QED) is 0.452. The molecule has 1 aromatic carbocycles. The Labute approximate surface area is 96.5 Å². The second-order valence-electron chi connectivity index (χ2n) is 3.26. The van der Waals surface area contributed by atoms with E-state index in [1.807, 2.05) is 0 Å². The van der Waals surface area contributed by atoms with Crippen molar-refractivity contribution in [2.75, 3.05) is 6.54 Å². The number of benzene rings is 1. The summed E-state index contributed by atoms with van der Waals surface area (Å²) in [5, 5.41) is 0. The van der Waals surface area contributed by atoms with Crippen LogP contribution in [-0.4, -0.2) is 12.6 Å². The van der Waals surface area contributed by atoms with E-state index in [4.69, 9.17) is 0 Å². The van der Waals surface area contributed by atoms with Gasteiger partial charge in [0.05, 0.1) is 12.1 Å². The summed E-state index contributed by atoms with van der Waals surface area (Å²) in [6.45, 7) is 0.137. The van der Waals surface area contributed by atoms with E-state index < -0.39 is 11.7 Å². The first kappa shape index (κ1) is 13.2. The van der Waals surface area contributed by atoms with E-state index in [9.17, 15) is 18.0 Å². The molecule has 0 heterocycles. The van der Waals surface area contributed by atoms with E-state index in [-0.39, 0.29) is 18.5 Å². The summed E-state index contributed by atoms with van der Waals surface area (Å²) in [4.78, 5) is 13.0. The van der Waals surface area contributed by atoms with Gasteiger partial charge < -0.3 is 0 Å². The summed E-state index contributed by atoms with van der Waals surface area (Å²) in [6.07, 6.45) is 0.234. The van der Waals surface area contributed by atoms with Crippen LogP contribution in [-0.2, 0) is 17.4 Å². The predicted octanol–water partition coefficient (Wildman–Crippen LogP) is 3.14. The molecule has 0 saturated carbocycles. The first-order valence-corrected chi connectivity index (χ1v) is 4.89. The van der Waals surface area contributed by atoms with E-state index in [1.165, 1.54) is 24.3 Å². The Morgan fingerprint density at radius 1 is 1.24 bits per heavy atom. The summed E-state index contributed by atoms with van der Waals surface area (Å²) in [7, 11) is 0. The Hall–Kier alpha value is -1.87. The maximum Gasteiger partial charge on any atom is 0.416 e. The summed E-state index contributed by atoms with van der Waals surface area (Å²) in [5.74, 6) is 0. The molecular formula is C12H10F3NO. The topological polar surface area (TPSA) is 29.4 Å². The van der Waals surface area contributed by atoms with E-state index in [0.29, 0.717) is 0 Å². The number of allylic oxidation sites excluding steroid dienone is 1. The van der Waals surface area contributed by atoms with Gasteiger partial charge in [-0.05, 0) is 18.1 Å². The average Bonchev–Trinajstić information content (AvgIpc) is 2.28. The van der Waals surface area contributed by atoms with Gasteiger partial charge in [-0.2, -0.15) is 13.2 Å². The van der Waals surface area contributed by atoms with Gasteiger partial charge >= 0.3 is 6.18 Å². The molecule has 2 nitrogen and oxygen atoms in total. The van der Waals surface area contributed by atoms with Gasteiger partial charge in [-0.15, -0.1) is 0 Å². The van der Waals surface area contributed by atoms with Gasteiger partial charge in [0.1, 0.15) is 0 Å². The molecule has 0 bridgehead atoms. The third-order valence-corrected chi connectivity index (χ3v) is 2.09. The Kier molecular flexibility index (Phi) is 4.67. The number of aliphatic imine (C=N–C) groups is 1. The first-order valence-electron chi connectivity index (χ1n) is 4.89. The molecule has 0 atom stereocenters. The van der Waals surface area contributed by atoms with Crippen LogP contribution in [0, 0.1) is 0 Å². The summed E-state index contributed by atoms with van der Waals surface area (Å²) < 4.78 is 37.8. The van der Waals surface area contributed by atoms with Gasteiger partial charge in [0.2, 0.25) is 6.08 Å².